The van der Waals surface area contributed by atoms with Crippen molar-refractivity contribution < 1.29 is 19.0 Å². The van der Waals surface area contributed by atoms with E-state index in [0.717, 1.165) is 78.1 Å². The van der Waals surface area contributed by atoms with Gasteiger partial charge in [0.15, 0.2) is 22.5 Å². The standard InChI is InChI=1S/C28H41N7O4S/c1-28(2,3)39-27(36)32-12-9-7-6-8-11-30-14-15-35-19-10-13-31-25(29)24(19)33-26(35)40-23-17-22-21(37-18-38-22)16-20(23)34(4)5/h10,13,16-17,30H,6-9,11-12,14-15,18H2,1-5H3,(H2,29,31)(H,32,36). The van der Waals surface area contributed by atoms with Crippen molar-refractivity contribution in [2.24, 2.45) is 0 Å². The quantitative estimate of drug-likeness (QED) is 0.250. The molecule has 1 amide bonds. The SMILES string of the molecule is CN(C)c1cc2c(cc1Sc1nc3c(N)nccc3n1CCNCCCCCCNC(=O)OC(C)(C)C)OCO2. The molecule has 3 aromatic rings. The zero-order valence-electron chi connectivity index (χ0n) is 24.1. The third kappa shape index (κ3) is 7.85. The minimum atomic E-state index is -0.469. The Bertz CT molecular complexity index is 1310. The van der Waals surface area contributed by atoms with E-state index in [4.69, 9.17) is 24.9 Å². The van der Waals surface area contributed by atoms with Crippen LogP contribution in [0, 0.1) is 0 Å². The molecule has 2 aromatic heterocycles. The Morgan fingerprint density at radius 1 is 1.12 bits per heavy atom. The second kappa shape index (κ2) is 13.3. The van der Waals surface area contributed by atoms with Crippen LogP contribution >= 0.6 is 11.8 Å². The lowest BCUT2D eigenvalue weighted by Gasteiger charge is -2.19. The van der Waals surface area contributed by atoms with Crippen LogP contribution in [0.4, 0.5) is 16.3 Å². The molecule has 4 rings (SSSR count). The third-order valence-corrected chi connectivity index (χ3v) is 7.30. The minimum absolute atomic E-state index is 0.228. The number of rotatable bonds is 13. The van der Waals surface area contributed by atoms with Gasteiger partial charge in [0.2, 0.25) is 6.79 Å². The van der Waals surface area contributed by atoms with Gasteiger partial charge in [-0.15, -0.1) is 0 Å². The van der Waals surface area contributed by atoms with Gasteiger partial charge in [-0.3, -0.25) is 0 Å². The summed E-state index contributed by atoms with van der Waals surface area (Å²) in [6.07, 6.45) is 5.52. The number of nitrogens with two attached hydrogens (primary N) is 1. The van der Waals surface area contributed by atoms with Gasteiger partial charge in [0.25, 0.3) is 0 Å². The summed E-state index contributed by atoms with van der Waals surface area (Å²) in [5.41, 5.74) is 8.41. The number of alkyl carbamates (subject to hydrolysis) is 1. The lowest BCUT2D eigenvalue weighted by Crippen LogP contribution is -2.33. The van der Waals surface area contributed by atoms with Gasteiger partial charge in [-0.05, 0) is 58.0 Å². The van der Waals surface area contributed by atoms with Crippen LogP contribution in [0.1, 0.15) is 46.5 Å². The lowest BCUT2D eigenvalue weighted by atomic mass is 10.2. The molecule has 40 heavy (non-hydrogen) atoms. The molecule has 1 aromatic carbocycles. The number of unbranched alkanes of at least 4 members (excludes halogenated alkanes) is 3. The summed E-state index contributed by atoms with van der Waals surface area (Å²) < 4.78 is 18.7. The van der Waals surface area contributed by atoms with Crippen LogP contribution in [0.15, 0.2) is 34.4 Å². The Morgan fingerprint density at radius 2 is 1.85 bits per heavy atom. The first-order chi connectivity index (χ1) is 19.1. The van der Waals surface area contributed by atoms with Crippen molar-refractivity contribution in [3.8, 4) is 11.5 Å². The zero-order valence-corrected chi connectivity index (χ0v) is 24.9. The van der Waals surface area contributed by atoms with Crippen molar-refractivity contribution in [2.45, 2.75) is 68.7 Å². The average Bonchev–Trinajstić information content (AvgIpc) is 3.48. The summed E-state index contributed by atoms with van der Waals surface area (Å²) in [7, 11) is 4.02. The van der Waals surface area contributed by atoms with Gasteiger partial charge in [-0.1, -0.05) is 12.8 Å². The van der Waals surface area contributed by atoms with Crippen LogP contribution < -0.4 is 30.7 Å². The molecule has 0 saturated carbocycles. The second-order valence-corrected chi connectivity index (χ2v) is 11.9. The number of amides is 1. The van der Waals surface area contributed by atoms with E-state index in [0.29, 0.717) is 17.9 Å². The molecule has 0 atom stereocenters. The molecule has 3 heterocycles. The molecular weight excluding hydrogens is 530 g/mol. The number of imidazole rings is 1. The lowest BCUT2D eigenvalue weighted by molar-refractivity contribution is 0.0527. The number of fused-ring (bicyclic) bond motifs is 2. The summed E-state index contributed by atoms with van der Waals surface area (Å²) in [4.78, 5) is 23.9. The fraction of sp³-hybridized carbons (Fsp3) is 0.536. The molecule has 0 radical (unpaired) electrons. The van der Waals surface area contributed by atoms with Crippen LogP contribution in [-0.4, -0.2) is 66.8 Å². The Morgan fingerprint density at radius 3 is 2.58 bits per heavy atom. The summed E-state index contributed by atoms with van der Waals surface area (Å²) in [6, 6.07) is 5.97. The molecule has 0 fully saturated rings. The number of hydrogen-bond acceptors (Lipinski definition) is 10. The number of hydrogen-bond donors (Lipinski definition) is 3. The van der Waals surface area contributed by atoms with Gasteiger partial charge in [0.1, 0.15) is 11.1 Å². The number of benzene rings is 1. The van der Waals surface area contributed by atoms with Gasteiger partial charge in [0.05, 0.1) is 11.2 Å². The predicted octanol–water partition coefficient (Wildman–Crippen LogP) is 4.63. The Balaban J connectivity index is 1.30. The van der Waals surface area contributed by atoms with Crippen molar-refractivity contribution in [1.82, 2.24) is 25.2 Å². The van der Waals surface area contributed by atoms with Gasteiger partial charge in [0, 0.05) is 57.0 Å². The average molecular weight is 572 g/mol. The maximum Gasteiger partial charge on any atom is 0.407 e. The summed E-state index contributed by atoms with van der Waals surface area (Å²) in [5.74, 6) is 1.91. The topological polar surface area (TPSA) is 129 Å². The molecular formula is C28H41N7O4S. The normalized spacial score (nSPS) is 12.6. The summed E-state index contributed by atoms with van der Waals surface area (Å²) in [6.45, 7) is 8.90. The zero-order chi connectivity index (χ0) is 28.7. The summed E-state index contributed by atoms with van der Waals surface area (Å²) >= 11 is 1.58. The first-order valence-electron chi connectivity index (χ1n) is 13.7. The maximum absolute atomic E-state index is 11.7. The van der Waals surface area contributed by atoms with Crippen molar-refractivity contribution >= 4 is 40.4 Å². The smallest absolute Gasteiger partial charge is 0.407 e. The van der Waals surface area contributed by atoms with Crippen LogP contribution in [0.2, 0.25) is 0 Å². The van der Waals surface area contributed by atoms with E-state index in [9.17, 15) is 4.79 Å². The van der Waals surface area contributed by atoms with Gasteiger partial charge < -0.3 is 40.0 Å². The van der Waals surface area contributed by atoms with Crippen LogP contribution in [-0.2, 0) is 11.3 Å². The van der Waals surface area contributed by atoms with Crippen LogP contribution in [0.5, 0.6) is 11.5 Å². The van der Waals surface area contributed by atoms with Crippen molar-refractivity contribution in [3.63, 3.8) is 0 Å². The highest BCUT2D eigenvalue weighted by molar-refractivity contribution is 7.99. The number of nitrogen functional groups attached to an aromatic ring is 1. The fourth-order valence-corrected chi connectivity index (χ4v) is 5.48. The molecule has 0 aliphatic carbocycles. The van der Waals surface area contributed by atoms with E-state index < -0.39 is 5.60 Å². The second-order valence-electron chi connectivity index (χ2n) is 10.9. The van der Waals surface area contributed by atoms with Crippen molar-refractivity contribution in [1.29, 1.82) is 0 Å². The number of nitrogens with zero attached hydrogens (tertiary/aromatic N) is 4. The van der Waals surface area contributed by atoms with Crippen LogP contribution in [0.3, 0.4) is 0 Å². The minimum Gasteiger partial charge on any atom is -0.454 e. The van der Waals surface area contributed by atoms with Gasteiger partial charge in [-0.2, -0.15) is 0 Å². The first-order valence-corrected chi connectivity index (χ1v) is 14.5. The molecule has 0 unspecified atom stereocenters. The molecule has 0 saturated heterocycles. The number of nitrogens with one attached hydrogen (secondary N) is 2. The van der Waals surface area contributed by atoms with E-state index in [1.807, 2.05) is 53.1 Å². The number of aromatic nitrogens is 3. The predicted molar refractivity (Wildman–Crippen MR) is 159 cm³/mol. The van der Waals surface area contributed by atoms with Crippen LogP contribution in [0.25, 0.3) is 11.0 Å². The van der Waals surface area contributed by atoms with E-state index in [2.05, 4.69) is 25.1 Å². The summed E-state index contributed by atoms with van der Waals surface area (Å²) in [5, 5.41) is 7.21. The van der Waals surface area contributed by atoms with E-state index >= 15 is 0 Å². The van der Waals surface area contributed by atoms with E-state index in [-0.39, 0.29) is 12.9 Å². The fourth-order valence-electron chi connectivity index (χ4n) is 4.34. The Kier molecular flexibility index (Phi) is 9.85. The molecule has 11 nitrogen and oxygen atoms in total. The Labute approximate surface area is 240 Å². The highest BCUT2D eigenvalue weighted by Crippen LogP contribution is 2.44. The highest BCUT2D eigenvalue weighted by atomic mass is 32.2. The Hall–Kier alpha value is -3.38. The number of carbonyl (C=O) groups excluding carboxylic acids is 1. The number of carbonyl (C=O) groups is 1. The van der Waals surface area contributed by atoms with E-state index in [1.165, 1.54) is 0 Å². The van der Waals surface area contributed by atoms with Gasteiger partial charge >= 0.3 is 6.09 Å². The molecule has 0 spiro atoms. The monoisotopic (exact) mass is 571 g/mol. The molecule has 12 heteroatoms. The van der Waals surface area contributed by atoms with Crippen molar-refractivity contribution in [2.75, 3.05) is 51.2 Å². The molecule has 4 N–H and O–H groups in total. The molecule has 1 aliphatic heterocycles. The third-order valence-electron chi connectivity index (χ3n) is 6.26. The number of ether oxygens (including phenoxy) is 3. The molecule has 1 aliphatic rings. The van der Waals surface area contributed by atoms with Crippen molar-refractivity contribution in [3.05, 3.63) is 24.4 Å². The first kappa shape index (κ1) is 29.6. The number of anilines is 2. The van der Waals surface area contributed by atoms with E-state index in [1.54, 1.807) is 18.0 Å². The number of pyridine rings is 1. The largest absolute Gasteiger partial charge is 0.454 e. The molecule has 0 bridgehead atoms. The maximum atomic E-state index is 11.7. The molecule has 218 valence electrons. The van der Waals surface area contributed by atoms with Gasteiger partial charge in [-0.25, -0.2) is 14.8 Å². The highest BCUT2D eigenvalue weighted by Gasteiger charge is 2.22.